The van der Waals surface area contributed by atoms with Gasteiger partial charge < -0.3 is 40.5 Å². The standard InChI is InChI=1S/C43H71N5O10/c1-11-28(6)31(25-48(37(26(2)3)40(44)52)42(54)38(27(4)5)46(8)21-16-20-36(50)51)34(57-9)24-35(49)47-22-15-19-33(47)39(58-10)29(7)41(53)45-32(43(55)56)23-30-17-13-12-14-18-30/h12-14,17-18,26-29,31-34,37-39H,11,15-16,19-25H2,1-10H3,(H2,44,52)(H,45,53)(H,50,51)(H,55,56)/t28-,29+,31+,32-,33-,34+,37-,38-,39+/m0/s1. The Hall–Kier alpha value is -4.08. The molecule has 2 rings (SSSR count). The van der Waals surface area contributed by atoms with Crippen LogP contribution >= 0.6 is 0 Å². The molecule has 1 saturated heterocycles. The van der Waals surface area contributed by atoms with Crippen molar-refractivity contribution < 1.29 is 48.5 Å². The Labute approximate surface area is 345 Å². The van der Waals surface area contributed by atoms with Crippen molar-refractivity contribution in [3.63, 3.8) is 0 Å². The van der Waals surface area contributed by atoms with E-state index in [1.54, 1.807) is 48.0 Å². The average molecular weight is 818 g/mol. The van der Waals surface area contributed by atoms with Gasteiger partial charge in [-0.05, 0) is 56.2 Å². The second kappa shape index (κ2) is 24.1. The number of likely N-dealkylation sites (tertiary alicyclic amines) is 1. The smallest absolute Gasteiger partial charge is 0.326 e. The van der Waals surface area contributed by atoms with Crippen LogP contribution in [-0.2, 0) is 44.7 Å². The van der Waals surface area contributed by atoms with Crippen molar-refractivity contribution in [2.24, 2.45) is 35.3 Å². The number of carboxylic acid groups (broad SMARTS) is 2. The van der Waals surface area contributed by atoms with Gasteiger partial charge in [-0.2, -0.15) is 0 Å². The largest absolute Gasteiger partial charge is 0.481 e. The molecule has 9 atom stereocenters. The molecule has 1 aromatic carbocycles. The molecular formula is C43H71N5O10. The minimum atomic E-state index is -1.16. The van der Waals surface area contributed by atoms with Crippen LogP contribution in [-0.4, -0.2) is 138 Å². The number of aliphatic carboxylic acids is 2. The van der Waals surface area contributed by atoms with Crippen LogP contribution in [0.25, 0.3) is 0 Å². The SMILES string of the molecule is CC[C@H](C)[C@@H](CN(C(=O)[C@H](C(C)C)N(C)CCCC(=O)O)[C@H](C(N)=O)C(C)C)[C@@H](CC(=O)N1CCC[C@H]1[C@H](OC)[C@@H](C)C(=O)N[C@@H](Cc1ccccc1)C(=O)O)OC. The van der Waals surface area contributed by atoms with Crippen LogP contribution in [0.5, 0.6) is 0 Å². The van der Waals surface area contributed by atoms with E-state index in [1.807, 2.05) is 52.5 Å². The van der Waals surface area contributed by atoms with E-state index in [-0.39, 0.29) is 55.4 Å². The maximum Gasteiger partial charge on any atom is 0.326 e. The molecule has 0 aliphatic carbocycles. The maximum atomic E-state index is 14.7. The van der Waals surface area contributed by atoms with Crippen molar-refractivity contribution in [3.05, 3.63) is 35.9 Å². The zero-order valence-corrected chi connectivity index (χ0v) is 36.4. The van der Waals surface area contributed by atoms with Crippen molar-refractivity contribution in [1.29, 1.82) is 0 Å². The van der Waals surface area contributed by atoms with Crippen LogP contribution in [0, 0.1) is 29.6 Å². The minimum absolute atomic E-state index is 0.0369. The number of carbonyl (C=O) groups excluding carboxylic acids is 4. The summed E-state index contributed by atoms with van der Waals surface area (Å²) in [6.45, 7) is 14.1. The summed E-state index contributed by atoms with van der Waals surface area (Å²) in [5.74, 6) is -5.48. The van der Waals surface area contributed by atoms with Crippen molar-refractivity contribution in [2.45, 2.75) is 130 Å². The summed E-state index contributed by atoms with van der Waals surface area (Å²) < 4.78 is 12.0. The summed E-state index contributed by atoms with van der Waals surface area (Å²) in [7, 11) is 4.79. The van der Waals surface area contributed by atoms with Crippen LogP contribution in [0.3, 0.4) is 0 Å². The number of nitrogens with zero attached hydrogens (tertiary/aromatic N) is 3. The van der Waals surface area contributed by atoms with Gasteiger partial charge in [0.25, 0.3) is 0 Å². The molecule has 0 saturated carbocycles. The van der Waals surface area contributed by atoms with Gasteiger partial charge in [-0.3, -0.25) is 28.9 Å². The number of methoxy groups -OCH3 is 2. The van der Waals surface area contributed by atoms with Crippen molar-refractivity contribution in [2.75, 3.05) is 40.9 Å². The highest BCUT2D eigenvalue weighted by Crippen LogP contribution is 2.32. The molecule has 58 heavy (non-hydrogen) atoms. The number of hydrogen-bond acceptors (Lipinski definition) is 9. The summed E-state index contributed by atoms with van der Waals surface area (Å²) in [6.07, 6.45) is 0.933. The van der Waals surface area contributed by atoms with E-state index in [9.17, 15) is 39.0 Å². The number of amides is 4. The fourth-order valence-electron chi connectivity index (χ4n) is 8.49. The maximum absolute atomic E-state index is 14.7. The number of carboxylic acids is 2. The minimum Gasteiger partial charge on any atom is -0.481 e. The molecule has 15 nitrogen and oxygen atoms in total. The van der Waals surface area contributed by atoms with Crippen LogP contribution in [0.2, 0.25) is 0 Å². The van der Waals surface area contributed by atoms with Gasteiger partial charge >= 0.3 is 11.9 Å². The molecule has 15 heteroatoms. The highest BCUT2D eigenvalue weighted by Gasteiger charge is 2.44. The number of rotatable bonds is 26. The van der Waals surface area contributed by atoms with Crippen molar-refractivity contribution in [1.82, 2.24) is 20.0 Å². The highest BCUT2D eigenvalue weighted by molar-refractivity contribution is 5.89. The third-order valence-corrected chi connectivity index (χ3v) is 11.8. The molecule has 4 amide bonds. The molecule has 328 valence electrons. The zero-order valence-electron chi connectivity index (χ0n) is 36.4. The van der Waals surface area contributed by atoms with Crippen molar-refractivity contribution in [3.8, 4) is 0 Å². The molecule has 0 radical (unpaired) electrons. The highest BCUT2D eigenvalue weighted by atomic mass is 16.5. The van der Waals surface area contributed by atoms with E-state index in [1.165, 1.54) is 14.2 Å². The molecule has 1 heterocycles. The van der Waals surface area contributed by atoms with Gasteiger partial charge in [0, 0.05) is 46.1 Å². The van der Waals surface area contributed by atoms with E-state index >= 15 is 0 Å². The predicted octanol–water partition coefficient (Wildman–Crippen LogP) is 3.67. The number of likely N-dealkylation sites (N-methyl/N-ethyl adjacent to an activating group) is 1. The van der Waals surface area contributed by atoms with Crippen molar-refractivity contribution >= 4 is 35.6 Å². The topological polar surface area (TPSA) is 209 Å². The van der Waals surface area contributed by atoms with E-state index in [4.69, 9.17) is 15.2 Å². The van der Waals surface area contributed by atoms with Crippen LogP contribution in [0.1, 0.15) is 92.6 Å². The first-order valence-corrected chi connectivity index (χ1v) is 20.7. The summed E-state index contributed by atoms with van der Waals surface area (Å²) in [5.41, 5.74) is 6.77. The molecule has 1 aromatic rings. The lowest BCUT2D eigenvalue weighted by atomic mass is 9.83. The first-order chi connectivity index (χ1) is 27.3. The van der Waals surface area contributed by atoms with Gasteiger partial charge in [0.05, 0.1) is 36.6 Å². The Kier molecular flexibility index (Phi) is 20.8. The van der Waals surface area contributed by atoms with Gasteiger partial charge in [-0.1, -0.05) is 85.2 Å². The van der Waals surface area contributed by atoms with Gasteiger partial charge in [0.2, 0.25) is 23.6 Å². The number of ether oxygens (including phenoxy) is 2. The third kappa shape index (κ3) is 14.0. The molecule has 1 aliphatic heterocycles. The Morgan fingerprint density at radius 2 is 1.57 bits per heavy atom. The van der Waals surface area contributed by atoms with Gasteiger partial charge in [0.1, 0.15) is 12.1 Å². The van der Waals surface area contributed by atoms with Crippen LogP contribution in [0.15, 0.2) is 30.3 Å². The number of benzene rings is 1. The van der Waals surface area contributed by atoms with Crippen LogP contribution in [0.4, 0.5) is 0 Å². The Bertz CT molecular complexity index is 1490. The first kappa shape index (κ1) is 50.1. The molecule has 0 aromatic heterocycles. The molecule has 1 fully saturated rings. The molecule has 1 aliphatic rings. The van der Waals surface area contributed by atoms with Crippen LogP contribution < -0.4 is 11.1 Å². The fourth-order valence-corrected chi connectivity index (χ4v) is 8.49. The predicted molar refractivity (Wildman–Crippen MR) is 220 cm³/mol. The monoisotopic (exact) mass is 818 g/mol. The molecule has 0 spiro atoms. The molecule has 5 N–H and O–H groups in total. The van der Waals surface area contributed by atoms with Gasteiger partial charge in [0.15, 0.2) is 0 Å². The summed E-state index contributed by atoms with van der Waals surface area (Å²) >= 11 is 0. The number of hydrogen-bond donors (Lipinski definition) is 4. The second-order valence-corrected chi connectivity index (χ2v) is 16.7. The lowest BCUT2D eigenvalue weighted by molar-refractivity contribution is -0.150. The Morgan fingerprint density at radius 1 is 0.948 bits per heavy atom. The van der Waals surface area contributed by atoms with E-state index in [2.05, 4.69) is 5.32 Å². The lowest BCUT2D eigenvalue weighted by Gasteiger charge is -2.43. The zero-order chi connectivity index (χ0) is 43.9. The number of primary amides is 1. The van der Waals surface area contributed by atoms with E-state index in [0.717, 1.165) is 5.56 Å². The Balaban J connectivity index is 2.40. The normalized spacial score (nSPS) is 18.6. The van der Waals surface area contributed by atoms with E-state index < -0.39 is 72.0 Å². The number of nitrogens with one attached hydrogen (secondary N) is 1. The third-order valence-electron chi connectivity index (χ3n) is 11.8. The fraction of sp³-hybridized carbons (Fsp3) is 0.721. The summed E-state index contributed by atoms with van der Waals surface area (Å²) in [5, 5.41) is 21.8. The average Bonchev–Trinajstić information content (AvgIpc) is 3.64. The Morgan fingerprint density at radius 3 is 2.07 bits per heavy atom. The number of carbonyl (C=O) groups is 6. The summed E-state index contributed by atoms with van der Waals surface area (Å²) in [4.78, 5) is 84.2. The lowest BCUT2D eigenvalue weighted by Crippen LogP contribution is -2.60. The second-order valence-electron chi connectivity index (χ2n) is 16.7. The molecule has 0 bridgehead atoms. The molecule has 0 unspecified atom stereocenters. The van der Waals surface area contributed by atoms with E-state index in [0.29, 0.717) is 38.8 Å². The van der Waals surface area contributed by atoms with Gasteiger partial charge in [-0.15, -0.1) is 0 Å². The van der Waals surface area contributed by atoms with Gasteiger partial charge in [-0.25, -0.2) is 4.79 Å². The quantitative estimate of drug-likeness (QED) is 0.106. The molecular weight excluding hydrogens is 746 g/mol. The number of nitrogens with two attached hydrogens (primary N) is 1. The first-order valence-electron chi connectivity index (χ1n) is 20.7. The summed E-state index contributed by atoms with van der Waals surface area (Å²) in [6, 6.07) is 5.81.